The van der Waals surface area contributed by atoms with Crippen LogP contribution in [-0.2, 0) is 17.8 Å². The average Bonchev–Trinajstić information content (AvgIpc) is 2.65. The van der Waals surface area contributed by atoms with Crippen LogP contribution in [0, 0.1) is 0 Å². The predicted molar refractivity (Wildman–Crippen MR) is 54.4 cm³/mol. The molecule has 6 nitrogen and oxygen atoms in total. The van der Waals surface area contributed by atoms with E-state index in [2.05, 4.69) is 20.3 Å². The van der Waals surface area contributed by atoms with Gasteiger partial charge in [0, 0.05) is 25.1 Å². The van der Waals surface area contributed by atoms with Gasteiger partial charge in [0.1, 0.15) is 5.69 Å². The van der Waals surface area contributed by atoms with E-state index in [1.165, 1.54) is 6.26 Å². The Bertz CT molecular complexity index is 492. The maximum absolute atomic E-state index is 11.0. The van der Waals surface area contributed by atoms with E-state index in [4.69, 9.17) is 0 Å². The van der Waals surface area contributed by atoms with Crippen molar-refractivity contribution in [2.75, 3.05) is 6.26 Å². The minimum absolute atomic E-state index is 0.239. The van der Waals surface area contributed by atoms with Crippen LogP contribution in [0.15, 0.2) is 23.7 Å². The van der Waals surface area contributed by atoms with Crippen LogP contribution in [0.2, 0.25) is 0 Å². The molecule has 0 amide bonds. The van der Waals surface area contributed by atoms with Gasteiger partial charge in [-0.25, -0.2) is 4.98 Å². The third-order valence-corrected chi connectivity index (χ3v) is 2.50. The number of hydrogen-bond donors (Lipinski definition) is 0. The van der Waals surface area contributed by atoms with E-state index in [1.54, 1.807) is 17.1 Å². The summed E-state index contributed by atoms with van der Waals surface area (Å²) in [6, 6.07) is 0. The van der Waals surface area contributed by atoms with E-state index >= 15 is 0 Å². The predicted octanol–water partition coefficient (Wildman–Crippen LogP) is 0.00950. The lowest BCUT2D eigenvalue weighted by molar-refractivity contribution is 0.675. The number of hydrogen-bond acceptors (Lipinski definition) is 5. The molecule has 2 aromatic heterocycles. The molecule has 2 aromatic rings. The molecular weight excluding hydrogens is 214 g/mol. The zero-order valence-electron chi connectivity index (χ0n) is 8.28. The van der Waals surface area contributed by atoms with Gasteiger partial charge in [-0.3, -0.25) is 8.89 Å². The van der Waals surface area contributed by atoms with Crippen LogP contribution in [-0.4, -0.2) is 35.4 Å². The van der Waals surface area contributed by atoms with E-state index in [-0.39, 0.29) is 5.16 Å². The van der Waals surface area contributed by atoms with Crippen molar-refractivity contribution in [3.8, 4) is 11.3 Å². The number of aromatic nitrogens is 5. The van der Waals surface area contributed by atoms with Gasteiger partial charge >= 0.3 is 0 Å². The van der Waals surface area contributed by atoms with Gasteiger partial charge in [0.25, 0.3) is 0 Å². The first-order valence-corrected chi connectivity index (χ1v) is 5.75. The van der Waals surface area contributed by atoms with Gasteiger partial charge in [0.15, 0.2) is 0 Å². The summed E-state index contributed by atoms with van der Waals surface area (Å²) < 4.78 is 12.7. The maximum atomic E-state index is 11.0. The molecular formula is C8H9N5OS. The van der Waals surface area contributed by atoms with Crippen molar-refractivity contribution in [1.82, 2.24) is 25.0 Å². The Balaban J connectivity index is 2.35. The van der Waals surface area contributed by atoms with Crippen LogP contribution < -0.4 is 0 Å². The molecule has 0 aliphatic heterocycles. The van der Waals surface area contributed by atoms with Crippen molar-refractivity contribution in [1.29, 1.82) is 0 Å². The molecule has 0 bridgehead atoms. The zero-order valence-corrected chi connectivity index (χ0v) is 9.10. The van der Waals surface area contributed by atoms with E-state index in [1.807, 2.05) is 13.2 Å². The Kier molecular flexibility index (Phi) is 2.55. The van der Waals surface area contributed by atoms with E-state index in [0.717, 1.165) is 5.56 Å². The molecule has 0 N–H and O–H groups in total. The molecule has 0 spiro atoms. The van der Waals surface area contributed by atoms with Crippen molar-refractivity contribution >= 4 is 10.8 Å². The molecule has 0 aliphatic carbocycles. The molecule has 78 valence electrons. The fourth-order valence-electron chi connectivity index (χ4n) is 1.08. The summed E-state index contributed by atoms with van der Waals surface area (Å²) >= 11 is 0. The fraction of sp³-hybridized carbons (Fsp3) is 0.250. The molecule has 1 atom stereocenters. The molecule has 2 heterocycles. The second kappa shape index (κ2) is 3.85. The first kappa shape index (κ1) is 9.91. The van der Waals surface area contributed by atoms with Gasteiger partial charge in [-0.15, -0.1) is 10.2 Å². The van der Waals surface area contributed by atoms with Crippen molar-refractivity contribution in [3.63, 3.8) is 0 Å². The number of nitrogens with zero attached hydrogens (tertiary/aromatic N) is 5. The number of rotatable bonds is 2. The largest absolute Gasteiger partial charge is 0.275 e. The molecule has 0 saturated carbocycles. The van der Waals surface area contributed by atoms with Crippen LogP contribution in [0.25, 0.3) is 11.3 Å². The third-order valence-electron chi connectivity index (χ3n) is 1.80. The van der Waals surface area contributed by atoms with Crippen LogP contribution in [0.1, 0.15) is 0 Å². The maximum Gasteiger partial charge on any atom is 0.239 e. The standard InChI is InChI=1S/C8H9N5OS/c1-13-5-6(3-10-13)7-4-9-8(12-11-7)15(2)14/h3-5H,1-2H3. The van der Waals surface area contributed by atoms with Crippen molar-refractivity contribution in [2.45, 2.75) is 5.16 Å². The molecule has 0 aliphatic rings. The third kappa shape index (κ3) is 2.07. The highest BCUT2D eigenvalue weighted by atomic mass is 32.2. The van der Waals surface area contributed by atoms with Crippen LogP contribution in [0.5, 0.6) is 0 Å². The minimum atomic E-state index is -1.19. The Labute approximate surface area is 88.8 Å². The highest BCUT2D eigenvalue weighted by Crippen LogP contribution is 2.13. The molecule has 0 saturated heterocycles. The molecule has 7 heteroatoms. The van der Waals surface area contributed by atoms with Crippen molar-refractivity contribution in [2.24, 2.45) is 7.05 Å². The lowest BCUT2D eigenvalue weighted by atomic mass is 10.3. The quantitative estimate of drug-likeness (QED) is 0.717. The lowest BCUT2D eigenvalue weighted by Gasteiger charge is -1.95. The lowest BCUT2D eigenvalue weighted by Crippen LogP contribution is -1.99. The summed E-state index contributed by atoms with van der Waals surface area (Å²) in [6.07, 6.45) is 6.55. The van der Waals surface area contributed by atoms with E-state index < -0.39 is 10.8 Å². The summed E-state index contributed by atoms with van der Waals surface area (Å²) in [7, 11) is 0.625. The fourth-order valence-corrected chi connectivity index (χ4v) is 1.44. The highest BCUT2D eigenvalue weighted by molar-refractivity contribution is 7.84. The summed E-state index contributed by atoms with van der Waals surface area (Å²) in [4.78, 5) is 3.95. The van der Waals surface area contributed by atoms with Gasteiger partial charge in [0.2, 0.25) is 5.16 Å². The normalized spacial score (nSPS) is 12.7. The Morgan fingerprint density at radius 2 is 2.13 bits per heavy atom. The van der Waals surface area contributed by atoms with Gasteiger partial charge in [-0.2, -0.15) is 5.10 Å². The smallest absolute Gasteiger partial charge is 0.239 e. The van der Waals surface area contributed by atoms with Gasteiger partial charge in [-0.1, -0.05) is 0 Å². The zero-order chi connectivity index (χ0) is 10.8. The monoisotopic (exact) mass is 223 g/mol. The second-order valence-corrected chi connectivity index (χ2v) is 4.26. The Morgan fingerprint density at radius 1 is 1.33 bits per heavy atom. The Hall–Kier alpha value is -1.63. The molecule has 0 fully saturated rings. The molecule has 1 unspecified atom stereocenters. The van der Waals surface area contributed by atoms with Crippen molar-refractivity contribution < 1.29 is 4.21 Å². The molecule has 0 radical (unpaired) electrons. The summed E-state index contributed by atoms with van der Waals surface area (Å²) in [5, 5.41) is 11.9. The topological polar surface area (TPSA) is 73.6 Å². The summed E-state index contributed by atoms with van der Waals surface area (Å²) in [5.74, 6) is 0. The molecule has 2 rings (SSSR count). The molecule has 0 aromatic carbocycles. The van der Waals surface area contributed by atoms with Gasteiger partial charge in [-0.05, 0) is 0 Å². The first-order valence-electron chi connectivity index (χ1n) is 4.19. The minimum Gasteiger partial charge on any atom is -0.275 e. The van der Waals surface area contributed by atoms with Crippen molar-refractivity contribution in [3.05, 3.63) is 18.6 Å². The van der Waals surface area contributed by atoms with Crippen LogP contribution in [0.4, 0.5) is 0 Å². The highest BCUT2D eigenvalue weighted by Gasteiger charge is 2.05. The van der Waals surface area contributed by atoms with Crippen LogP contribution in [0.3, 0.4) is 0 Å². The molecule has 15 heavy (non-hydrogen) atoms. The van der Waals surface area contributed by atoms with Gasteiger partial charge in [0.05, 0.1) is 23.2 Å². The summed E-state index contributed by atoms with van der Waals surface area (Å²) in [5.41, 5.74) is 1.46. The first-order chi connectivity index (χ1) is 7.16. The van der Waals surface area contributed by atoms with Crippen LogP contribution >= 0.6 is 0 Å². The number of aryl methyl sites for hydroxylation is 1. The van der Waals surface area contributed by atoms with E-state index in [9.17, 15) is 4.21 Å². The summed E-state index contributed by atoms with van der Waals surface area (Å²) in [6.45, 7) is 0. The average molecular weight is 223 g/mol. The van der Waals surface area contributed by atoms with E-state index in [0.29, 0.717) is 5.69 Å². The SMILES string of the molecule is Cn1cc(-c2cnc(S(C)=O)nn2)cn1. The van der Waals surface area contributed by atoms with Gasteiger partial charge < -0.3 is 0 Å². The second-order valence-electron chi connectivity index (χ2n) is 2.98. The Morgan fingerprint density at radius 3 is 2.60 bits per heavy atom.